The van der Waals surface area contributed by atoms with Crippen molar-refractivity contribution in [3.63, 3.8) is 0 Å². The first-order valence-electron chi connectivity index (χ1n) is 8.79. The van der Waals surface area contributed by atoms with Crippen LogP contribution in [0.5, 0.6) is 0 Å². The molecule has 1 heteroatoms. The summed E-state index contributed by atoms with van der Waals surface area (Å²) in [6, 6.07) is 5.31. The molecule has 1 nitrogen and oxygen atoms in total. The van der Waals surface area contributed by atoms with Gasteiger partial charge in [-0.25, -0.2) is 0 Å². The molecule has 1 saturated carbocycles. The van der Waals surface area contributed by atoms with Crippen LogP contribution in [0.25, 0.3) is 0 Å². The average Bonchev–Trinajstić information content (AvgIpc) is 2.47. The number of hydrogen-bond acceptors (Lipinski definition) is 1. The average molecular weight is 287 g/mol. The van der Waals surface area contributed by atoms with E-state index in [1.54, 1.807) is 5.56 Å². The minimum absolute atomic E-state index is 0.642. The molecule has 0 heterocycles. The van der Waals surface area contributed by atoms with Gasteiger partial charge in [-0.15, -0.1) is 0 Å². The molecule has 0 radical (unpaired) electrons. The lowest BCUT2D eigenvalue weighted by Crippen LogP contribution is -2.38. The predicted molar refractivity (Wildman–Crippen MR) is 92.9 cm³/mol. The Morgan fingerprint density at radius 3 is 2.10 bits per heavy atom. The summed E-state index contributed by atoms with van der Waals surface area (Å²) in [5.41, 5.74) is 5.89. The zero-order valence-electron chi connectivity index (χ0n) is 14.6. The molecule has 1 unspecified atom stereocenters. The Labute approximate surface area is 131 Å². The van der Waals surface area contributed by atoms with Gasteiger partial charge in [0.15, 0.2) is 0 Å². The summed E-state index contributed by atoms with van der Waals surface area (Å²) in [5.74, 6) is 1.85. The Bertz CT molecular complexity index is 432. The smallest absolute Gasteiger partial charge is 0.0133 e. The Morgan fingerprint density at radius 2 is 1.62 bits per heavy atom. The van der Waals surface area contributed by atoms with Gasteiger partial charge in [-0.05, 0) is 75.6 Å². The number of aryl methyl sites for hydroxylation is 3. The number of likely N-dealkylation sites (N-methyl/N-ethyl adjacent to an activating group) is 1. The molecule has 0 spiro atoms. The predicted octanol–water partition coefficient (Wildman–Crippen LogP) is 4.96. The van der Waals surface area contributed by atoms with Crippen LogP contribution >= 0.6 is 0 Å². The van der Waals surface area contributed by atoms with E-state index in [0.29, 0.717) is 6.04 Å². The van der Waals surface area contributed by atoms with Crippen LogP contribution in [0.1, 0.15) is 61.3 Å². The van der Waals surface area contributed by atoms with Crippen LogP contribution in [0.15, 0.2) is 12.1 Å². The Hall–Kier alpha value is -0.820. The van der Waals surface area contributed by atoms with E-state index in [4.69, 9.17) is 0 Å². The van der Waals surface area contributed by atoms with Crippen molar-refractivity contribution in [1.29, 1.82) is 0 Å². The topological polar surface area (TPSA) is 12.0 Å². The van der Waals surface area contributed by atoms with Gasteiger partial charge in [-0.1, -0.05) is 43.9 Å². The fourth-order valence-electron chi connectivity index (χ4n) is 4.26. The molecule has 2 rings (SSSR count). The van der Waals surface area contributed by atoms with E-state index < -0.39 is 0 Å². The second-order valence-corrected chi connectivity index (χ2v) is 7.17. The summed E-state index contributed by atoms with van der Waals surface area (Å²) in [7, 11) is 2.15. The fraction of sp³-hybridized carbons (Fsp3) is 0.700. The van der Waals surface area contributed by atoms with E-state index in [1.165, 1.54) is 55.2 Å². The van der Waals surface area contributed by atoms with Crippen LogP contribution in [0.3, 0.4) is 0 Å². The lowest BCUT2D eigenvalue weighted by atomic mass is 9.76. The van der Waals surface area contributed by atoms with Crippen molar-refractivity contribution in [3.05, 3.63) is 34.4 Å². The van der Waals surface area contributed by atoms with Crippen molar-refractivity contribution in [3.8, 4) is 0 Å². The monoisotopic (exact) mass is 287 g/mol. The summed E-state index contributed by atoms with van der Waals surface area (Å²) >= 11 is 0. The van der Waals surface area contributed by atoms with E-state index in [2.05, 4.69) is 52.2 Å². The highest BCUT2D eigenvalue weighted by Gasteiger charge is 2.26. The maximum atomic E-state index is 3.62. The molecule has 1 N–H and O–H groups in total. The molecule has 0 saturated heterocycles. The van der Waals surface area contributed by atoms with Crippen LogP contribution in [0.4, 0.5) is 0 Å². The summed E-state index contributed by atoms with van der Waals surface area (Å²) < 4.78 is 0. The molecule has 1 aromatic carbocycles. The fourth-order valence-corrected chi connectivity index (χ4v) is 4.26. The molecule has 118 valence electrons. The Kier molecular flexibility index (Phi) is 5.87. The lowest BCUT2D eigenvalue weighted by molar-refractivity contribution is 0.222. The van der Waals surface area contributed by atoms with Crippen molar-refractivity contribution < 1.29 is 0 Å². The van der Waals surface area contributed by atoms with Gasteiger partial charge in [0.1, 0.15) is 0 Å². The van der Waals surface area contributed by atoms with Crippen LogP contribution in [-0.4, -0.2) is 13.1 Å². The third-order valence-electron chi connectivity index (χ3n) is 5.67. The zero-order chi connectivity index (χ0) is 15.4. The highest BCUT2D eigenvalue weighted by atomic mass is 14.9. The van der Waals surface area contributed by atoms with Gasteiger partial charge in [0, 0.05) is 6.04 Å². The molecule has 0 aliphatic heterocycles. The van der Waals surface area contributed by atoms with Crippen molar-refractivity contribution in [2.45, 2.75) is 72.3 Å². The Morgan fingerprint density at radius 1 is 1.05 bits per heavy atom. The van der Waals surface area contributed by atoms with E-state index in [9.17, 15) is 0 Å². The second kappa shape index (κ2) is 7.45. The van der Waals surface area contributed by atoms with Gasteiger partial charge in [-0.2, -0.15) is 0 Å². The maximum Gasteiger partial charge on any atom is 0.0133 e. The molecule has 1 aliphatic carbocycles. The molecule has 1 fully saturated rings. The summed E-state index contributed by atoms with van der Waals surface area (Å²) in [5, 5.41) is 3.62. The highest BCUT2D eigenvalue weighted by molar-refractivity contribution is 5.38. The second-order valence-electron chi connectivity index (χ2n) is 7.17. The SMILES string of the molecule is CCC1CCC(C(Cc2c(C)cc(C)cc2C)NC)CC1. The number of nitrogens with one attached hydrogen (secondary N) is 1. The van der Waals surface area contributed by atoms with Crippen LogP contribution in [0.2, 0.25) is 0 Å². The van der Waals surface area contributed by atoms with E-state index in [-0.39, 0.29) is 0 Å². The molecule has 0 bridgehead atoms. The number of rotatable bonds is 5. The van der Waals surface area contributed by atoms with Crippen LogP contribution in [0, 0.1) is 32.6 Å². The van der Waals surface area contributed by atoms with Crippen LogP contribution in [-0.2, 0) is 6.42 Å². The third kappa shape index (κ3) is 4.10. The molecule has 0 aromatic heterocycles. The minimum Gasteiger partial charge on any atom is -0.316 e. The Balaban J connectivity index is 2.06. The van der Waals surface area contributed by atoms with Gasteiger partial charge in [0.25, 0.3) is 0 Å². The van der Waals surface area contributed by atoms with Gasteiger partial charge < -0.3 is 5.32 Å². The standard InChI is InChI=1S/C20H33N/c1-6-17-7-9-18(10-8-17)20(21-5)13-19-15(3)11-14(2)12-16(19)4/h11-12,17-18,20-21H,6-10,13H2,1-5H3. The maximum absolute atomic E-state index is 3.62. The van der Waals surface area contributed by atoms with Crippen molar-refractivity contribution >= 4 is 0 Å². The first-order valence-corrected chi connectivity index (χ1v) is 8.79. The van der Waals surface area contributed by atoms with Crippen molar-refractivity contribution in [1.82, 2.24) is 5.32 Å². The minimum atomic E-state index is 0.642. The van der Waals surface area contributed by atoms with Crippen LogP contribution < -0.4 is 5.32 Å². The normalized spacial score (nSPS) is 24.0. The van der Waals surface area contributed by atoms with Crippen molar-refractivity contribution in [2.75, 3.05) is 7.05 Å². The molecular formula is C20H33N. The number of benzene rings is 1. The quantitative estimate of drug-likeness (QED) is 0.807. The van der Waals surface area contributed by atoms with Gasteiger partial charge in [0.2, 0.25) is 0 Å². The van der Waals surface area contributed by atoms with E-state index in [0.717, 1.165) is 11.8 Å². The van der Waals surface area contributed by atoms with E-state index in [1.807, 2.05) is 0 Å². The molecule has 0 amide bonds. The number of hydrogen-bond donors (Lipinski definition) is 1. The van der Waals surface area contributed by atoms with Gasteiger partial charge in [-0.3, -0.25) is 0 Å². The van der Waals surface area contributed by atoms with Gasteiger partial charge in [0.05, 0.1) is 0 Å². The summed E-state index contributed by atoms with van der Waals surface area (Å²) in [6.45, 7) is 9.09. The third-order valence-corrected chi connectivity index (χ3v) is 5.67. The molecule has 1 aromatic rings. The van der Waals surface area contributed by atoms with E-state index >= 15 is 0 Å². The molecule has 1 aliphatic rings. The zero-order valence-corrected chi connectivity index (χ0v) is 14.6. The van der Waals surface area contributed by atoms with Crippen molar-refractivity contribution in [2.24, 2.45) is 11.8 Å². The molecule has 1 atom stereocenters. The van der Waals surface area contributed by atoms with Gasteiger partial charge >= 0.3 is 0 Å². The lowest BCUT2D eigenvalue weighted by Gasteiger charge is -2.34. The largest absolute Gasteiger partial charge is 0.316 e. The molecular weight excluding hydrogens is 254 g/mol. The summed E-state index contributed by atoms with van der Waals surface area (Å²) in [4.78, 5) is 0. The molecule has 21 heavy (non-hydrogen) atoms. The first kappa shape index (κ1) is 16.5. The highest BCUT2D eigenvalue weighted by Crippen LogP contribution is 2.34. The first-order chi connectivity index (χ1) is 10.0. The summed E-state index contributed by atoms with van der Waals surface area (Å²) in [6.07, 6.45) is 8.25.